The first kappa shape index (κ1) is 12.8. The van der Waals surface area contributed by atoms with Gasteiger partial charge in [0.05, 0.1) is 11.8 Å². The van der Waals surface area contributed by atoms with Gasteiger partial charge in [-0.05, 0) is 24.1 Å². The van der Waals surface area contributed by atoms with Crippen LogP contribution in [-0.2, 0) is 16.1 Å². The van der Waals surface area contributed by atoms with Crippen molar-refractivity contribution in [2.45, 2.75) is 13.0 Å². The largest absolute Gasteiger partial charge is 0.481 e. The number of carbonyl (C=O) groups is 2. The van der Waals surface area contributed by atoms with Crippen molar-refractivity contribution in [3.8, 4) is 11.5 Å². The molecule has 0 saturated heterocycles. The van der Waals surface area contributed by atoms with E-state index >= 15 is 0 Å². The molecule has 1 fully saturated rings. The molecular formula is C14H15NO5. The molecule has 1 heterocycles. The Labute approximate surface area is 115 Å². The quantitative estimate of drug-likeness (QED) is 0.891. The standard InChI is InChI=1S/C14H15NO5/c1-15(13(16)9-5-10(9)14(17)18)6-8-2-3-11-12(4-8)20-7-19-11/h2-4,9-10H,5-7H2,1H3,(H,17,18)/t9-,10+/m1/s1. The van der Waals surface area contributed by atoms with Crippen LogP contribution >= 0.6 is 0 Å². The van der Waals surface area contributed by atoms with Gasteiger partial charge >= 0.3 is 5.97 Å². The molecule has 3 rings (SSSR count). The van der Waals surface area contributed by atoms with E-state index in [4.69, 9.17) is 14.6 Å². The van der Waals surface area contributed by atoms with Crippen molar-refractivity contribution in [3.05, 3.63) is 23.8 Å². The van der Waals surface area contributed by atoms with Gasteiger partial charge in [0.25, 0.3) is 0 Å². The fourth-order valence-corrected chi connectivity index (χ4v) is 2.42. The summed E-state index contributed by atoms with van der Waals surface area (Å²) in [4.78, 5) is 24.4. The number of fused-ring (bicyclic) bond motifs is 1. The molecule has 1 aliphatic heterocycles. The van der Waals surface area contributed by atoms with Crippen molar-refractivity contribution in [1.29, 1.82) is 0 Å². The van der Waals surface area contributed by atoms with Crippen molar-refractivity contribution in [2.75, 3.05) is 13.8 Å². The molecule has 2 aliphatic rings. The minimum Gasteiger partial charge on any atom is -0.481 e. The average molecular weight is 277 g/mol. The van der Waals surface area contributed by atoms with Crippen LogP contribution in [0.15, 0.2) is 18.2 Å². The summed E-state index contributed by atoms with van der Waals surface area (Å²) in [7, 11) is 1.68. The lowest BCUT2D eigenvalue weighted by molar-refractivity contribution is -0.141. The maximum absolute atomic E-state index is 12.1. The average Bonchev–Trinajstić information content (AvgIpc) is 3.09. The Kier molecular flexibility index (Phi) is 3.00. The van der Waals surface area contributed by atoms with Crippen molar-refractivity contribution in [1.82, 2.24) is 4.90 Å². The molecule has 20 heavy (non-hydrogen) atoms. The predicted octanol–water partition coefficient (Wildman–Crippen LogP) is 1.09. The van der Waals surface area contributed by atoms with Crippen LogP contribution in [0.5, 0.6) is 11.5 Å². The Morgan fingerprint density at radius 3 is 2.75 bits per heavy atom. The molecule has 0 aromatic heterocycles. The number of ether oxygens (including phenoxy) is 2. The number of nitrogens with zero attached hydrogens (tertiary/aromatic N) is 1. The molecule has 1 aromatic carbocycles. The summed E-state index contributed by atoms with van der Waals surface area (Å²) in [5, 5.41) is 8.85. The Balaban J connectivity index is 1.63. The Morgan fingerprint density at radius 2 is 2.05 bits per heavy atom. The maximum Gasteiger partial charge on any atom is 0.307 e. The monoisotopic (exact) mass is 277 g/mol. The fraction of sp³-hybridized carbons (Fsp3) is 0.429. The van der Waals surface area contributed by atoms with E-state index in [1.807, 2.05) is 18.2 Å². The minimum absolute atomic E-state index is 0.116. The summed E-state index contributed by atoms with van der Waals surface area (Å²) in [6.45, 7) is 0.647. The molecular weight excluding hydrogens is 262 g/mol. The van der Waals surface area contributed by atoms with Crippen LogP contribution in [0.1, 0.15) is 12.0 Å². The molecule has 0 radical (unpaired) electrons. The van der Waals surface area contributed by atoms with Gasteiger partial charge in [-0.15, -0.1) is 0 Å². The number of hydrogen-bond acceptors (Lipinski definition) is 4. The van der Waals surface area contributed by atoms with Crippen LogP contribution in [0.3, 0.4) is 0 Å². The number of amides is 1. The van der Waals surface area contributed by atoms with E-state index in [1.54, 1.807) is 11.9 Å². The van der Waals surface area contributed by atoms with E-state index in [2.05, 4.69) is 0 Å². The zero-order chi connectivity index (χ0) is 14.3. The maximum atomic E-state index is 12.1. The van der Waals surface area contributed by atoms with E-state index in [0.717, 1.165) is 5.56 Å². The normalized spacial score (nSPS) is 22.4. The van der Waals surface area contributed by atoms with Crippen LogP contribution < -0.4 is 9.47 Å². The van der Waals surface area contributed by atoms with Crippen LogP contribution in [-0.4, -0.2) is 35.7 Å². The molecule has 6 nitrogen and oxygen atoms in total. The van der Waals surface area contributed by atoms with Crippen LogP contribution in [0.4, 0.5) is 0 Å². The van der Waals surface area contributed by atoms with Gasteiger partial charge in [-0.1, -0.05) is 6.07 Å². The van der Waals surface area contributed by atoms with Crippen molar-refractivity contribution in [3.63, 3.8) is 0 Å². The third-order valence-corrected chi connectivity index (χ3v) is 3.66. The first-order valence-electron chi connectivity index (χ1n) is 6.42. The van der Waals surface area contributed by atoms with Crippen LogP contribution in [0.25, 0.3) is 0 Å². The molecule has 1 saturated carbocycles. The highest BCUT2D eigenvalue weighted by molar-refractivity contribution is 5.89. The molecule has 0 unspecified atom stereocenters. The summed E-state index contributed by atoms with van der Waals surface area (Å²) in [6, 6.07) is 5.53. The van der Waals surface area contributed by atoms with Gasteiger partial charge in [0.1, 0.15) is 0 Å². The van der Waals surface area contributed by atoms with Gasteiger partial charge in [0.2, 0.25) is 12.7 Å². The van der Waals surface area contributed by atoms with Gasteiger partial charge in [-0.3, -0.25) is 9.59 Å². The number of rotatable bonds is 4. The zero-order valence-electron chi connectivity index (χ0n) is 11.0. The Hall–Kier alpha value is -2.24. The SMILES string of the molecule is CN(Cc1ccc2c(c1)OCO2)C(=O)[C@@H]1C[C@@H]1C(=O)O. The van der Waals surface area contributed by atoms with Crippen molar-refractivity contribution >= 4 is 11.9 Å². The molecule has 106 valence electrons. The Bertz CT molecular complexity index is 571. The summed E-state index contributed by atoms with van der Waals surface area (Å²) in [5.41, 5.74) is 0.928. The molecule has 1 amide bonds. The smallest absolute Gasteiger partial charge is 0.307 e. The number of benzene rings is 1. The number of carbonyl (C=O) groups excluding carboxylic acids is 1. The second kappa shape index (κ2) is 4.70. The summed E-state index contributed by atoms with van der Waals surface area (Å²) in [5.74, 6) is -0.503. The fourth-order valence-electron chi connectivity index (χ4n) is 2.42. The van der Waals surface area contributed by atoms with Gasteiger partial charge in [-0.2, -0.15) is 0 Å². The first-order valence-corrected chi connectivity index (χ1v) is 6.42. The van der Waals surface area contributed by atoms with Gasteiger partial charge in [0, 0.05) is 13.6 Å². The van der Waals surface area contributed by atoms with Gasteiger partial charge in [-0.25, -0.2) is 0 Å². The van der Waals surface area contributed by atoms with E-state index in [-0.39, 0.29) is 18.6 Å². The highest BCUT2D eigenvalue weighted by atomic mass is 16.7. The van der Waals surface area contributed by atoms with Crippen molar-refractivity contribution < 1.29 is 24.2 Å². The minimum atomic E-state index is -0.889. The van der Waals surface area contributed by atoms with Crippen molar-refractivity contribution in [2.24, 2.45) is 11.8 Å². The lowest BCUT2D eigenvalue weighted by Crippen LogP contribution is -2.28. The van der Waals surface area contributed by atoms with E-state index in [9.17, 15) is 9.59 Å². The summed E-state index contributed by atoms with van der Waals surface area (Å²) in [6.07, 6.45) is 0.444. The first-order chi connectivity index (χ1) is 9.56. The highest BCUT2D eigenvalue weighted by Crippen LogP contribution is 2.40. The number of carboxylic acids is 1. The molecule has 1 aliphatic carbocycles. The summed E-state index contributed by atoms with van der Waals surface area (Å²) >= 11 is 0. The molecule has 6 heteroatoms. The Morgan fingerprint density at radius 1 is 1.30 bits per heavy atom. The van der Waals surface area contributed by atoms with E-state index in [0.29, 0.717) is 24.5 Å². The molecule has 0 bridgehead atoms. The lowest BCUT2D eigenvalue weighted by atomic mass is 10.2. The number of carboxylic acid groups (broad SMARTS) is 1. The third-order valence-electron chi connectivity index (χ3n) is 3.66. The molecule has 2 atom stereocenters. The topological polar surface area (TPSA) is 76.1 Å². The zero-order valence-corrected chi connectivity index (χ0v) is 11.0. The molecule has 1 N–H and O–H groups in total. The van der Waals surface area contributed by atoms with Gasteiger partial charge < -0.3 is 19.5 Å². The van der Waals surface area contributed by atoms with Crippen LogP contribution in [0.2, 0.25) is 0 Å². The van der Waals surface area contributed by atoms with E-state index in [1.165, 1.54) is 0 Å². The van der Waals surface area contributed by atoms with Crippen LogP contribution in [0, 0.1) is 11.8 Å². The predicted molar refractivity (Wildman–Crippen MR) is 68.3 cm³/mol. The highest BCUT2D eigenvalue weighted by Gasteiger charge is 2.49. The van der Waals surface area contributed by atoms with Gasteiger partial charge in [0.15, 0.2) is 11.5 Å². The number of hydrogen-bond donors (Lipinski definition) is 1. The van der Waals surface area contributed by atoms with E-state index < -0.39 is 11.9 Å². The molecule has 1 aromatic rings. The third kappa shape index (κ3) is 2.29. The molecule has 0 spiro atoms. The summed E-state index contributed by atoms with van der Waals surface area (Å²) < 4.78 is 10.5. The second-order valence-electron chi connectivity index (χ2n) is 5.17. The lowest BCUT2D eigenvalue weighted by Gasteiger charge is -2.17. The second-order valence-corrected chi connectivity index (χ2v) is 5.17. The number of aliphatic carboxylic acids is 1.